The van der Waals surface area contributed by atoms with Crippen LogP contribution >= 0.6 is 7.26 Å². The Morgan fingerprint density at radius 1 is 0.500 bits per heavy atom. The van der Waals surface area contributed by atoms with Gasteiger partial charge < -0.3 is 0 Å². The second kappa shape index (κ2) is 13.9. The van der Waals surface area contributed by atoms with Crippen LogP contribution in [0.25, 0.3) is 0 Å². The molecular formula is C17H41P. The van der Waals surface area contributed by atoms with Crippen LogP contribution in [0, 0.1) is 0 Å². The van der Waals surface area contributed by atoms with Gasteiger partial charge in [-0.05, 0) is 0 Å². The third kappa shape index (κ3) is 9.37. The maximum atomic E-state index is 2.36. The molecule has 0 aromatic carbocycles. The summed E-state index contributed by atoms with van der Waals surface area (Å²) < 4.78 is 0. The summed E-state index contributed by atoms with van der Waals surface area (Å²) in [6, 6.07) is 0. The summed E-state index contributed by atoms with van der Waals surface area (Å²) >= 11 is 0. The van der Waals surface area contributed by atoms with Gasteiger partial charge in [0.05, 0.1) is 0 Å². The van der Waals surface area contributed by atoms with Crippen LogP contribution in [0.5, 0.6) is 0 Å². The van der Waals surface area contributed by atoms with Crippen LogP contribution in [0.2, 0.25) is 0 Å². The van der Waals surface area contributed by atoms with E-state index in [1.54, 1.807) is 24.6 Å². The minimum atomic E-state index is -0.879. The molecule has 0 atom stereocenters. The fourth-order valence-electron chi connectivity index (χ4n) is 2.96. The predicted molar refractivity (Wildman–Crippen MR) is 94.1 cm³/mol. The van der Waals surface area contributed by atoms with E-state index in [1.807, 2.05) is 0 Å². The van der Waals surface area contributed by atoms with E-state index in [0.717, 1.165) is 0 Å². The number of rotatable bonds is 12. The van der Waals surface area contributed by atoms with E-state index in [9.17, 15) is 0 Å². The first-order valence-electron chi connectivity index (χ1n) is 8.24. The van der Waals surface area contributed by atoms with Crippen LogP contribution in [0.1, 0.15) is 86.5 Å². The molecule has 0 aliphatic carbocycles. The zero-order valence-electron chi connectivity index (χ0n) is 13.0. The predicted octanol–water partition coefficient (Wildman–Crippen LogP) is 6.57. The summed E-state index contributed by atoms with van der Waals surface area (Å²) in [7, 11) is -0.879. The van der Waals surface area contributed by atoms with Crippen molar-refractivity contribution in [3.63, 3.8) is 0 Å². The monoisotopic (exact) mass is 276 g/mol. The van der Waals surface area contributed by atoms with Gasteiger partial charge in [0.1, 0.15) is 0 Å². The Morgan fingerprint density at radius 3 is 0.889 bits per heavy atom. The summed E-state index contributed by atoms with van der Waals surface area (Å²) in [6.07, 6.45) is 18.1. The second-order valence-electron chi connectivity index (χ2n) is 5.91. The second-order valence-corrected chi connectivity index (χ2v) is 10.9. The van der Waals surface area contributed by atoms with Crippen molar-refractivity contribution in [1.29, 1.82) is 0 Å². The molecule has 0 spiro atoms. The minimum absolute atomic E-state index is 0. The van der Waals surface area contributed by atoms with E-state index >= 15 is 0 Å². The molecule has 0 radical (unpaired) electrons. The van der Waals surface area contributed by atoms with Gasteiger partial charge in [-0.15, -0.1) is 0 Å². The molecule has 0 aromatic rings. The molecule has 114 valence electrons. The molecule has 0 fully saturated rings. The fourth-order valence-corrected chi connectivity index (χ4v) is 8.87. The molecule has 0 bridgehead atoms. The Labute approximate surface area is 119 Å². The molecule has 0 aromatic heterocycles. The van der Waals surface area contributed by atoms with Gasteiger partial charge in [-0.25, -0.2) is 0 Å². The van der Waals surface area contributed by atoms with Crippen LogP contribution in [0.3, 0.4) is 0 Å². The van der Waals surface area contributed by atoms with Crippen molar-refractivity contribution in [2.75, 3.05) is 24.6 Å². The normalized spacial score (nSPS) is 12.2. The van der Waals surface area contributed by atoms with Crippen LogP contribution in [-0.4, -0.2) is 24.6 Å². The summed E-state index contributed by atoms with van der Waals surface area (Å²) in [5, 5.41) is 0. The molecule has 1 heteroatoms. The topological polar surface area (TPSA) is 0 Å². The zero-order valence-corrected chi connectivity index (χ0v) is 14.0. The molecule has 0 saturated heterocycles. The Bertz CT molecular complexity index is 116. The molecule has 0 amide bonds. The van der Waals surface area contributed by atoms with Crippen molar-refractivity contribution in [3.05, 3.63) is 0 Å². The van der Waals surface area contributed by atoms with Crippen LogP contribution in [0.15, 0.2) is 0 Å². The molecule has 0 aliphatic rings. The van der Waals surface area contributed by atoms with E-state index < -0.39 is 7.26 Å². The van der Waals surface area contributed by atoms with E-state index in [2.05, 4.69) is 27.7 Å². The Kier molecular flexibility index (Phi) is 16.0. The van der Waals surface area contributed by atoms with E-state index in [1.165, 1.54) is 51.4 Å². The molecule has 0 aliphatic heterocycles. The quantitative estimate of drug-likeness (QED) is 0.353. The third-order valence-electron chi connectivity index (χ3n) is 4.24. The van der Waals surface area contributed by atoms with Crippen molar-refractivity contribution < 1.29 is 0 Å². The SMILES string of the molecule is C.CCCC[PH](CCCC)(CCCC)CCCC. The Morgan fingerprint density at radius 2 is 0.722 bits per heavy atom. The van der Waals surface area contributed by atoms with Gasteiger partial charge in [0.15, 0.2) is 0 Å². The first-order chi connectivity index (χ1) is 8.24. The van der Waals surface area contributed by atoms with E-state index in [-0.39, 0.29) is 7.43 Å². The Balaban J connectivity index is 0. The summed E-state index contributed by atoms with van der Waals surface area (Å²) in [4.78, 5) is 0. The average molecular weight is 276 g/mol. The van der Waals surface area contributed by atoms with Crippen LogP contribution in [0.4, 0.5) is 0 Å². The standard InChI is InChI=1S/C16H37P.CH4/c1-5-9-13-17(14-10-6-2,15-11-7-3)16-12-8-4;/h17H,5-16H2,1-4H3;1H4. The van der Waals surface area contributed by atoms with E-state index in [4.69, 9.17) is 0 Å². The summed E-state index contributed by atoms with van der Waals surface area (Å²) in [5.41, 5.74) is 0. The van der Waals surface area contributed by atoms with Gasteiger partial charge in [0.2, 0.25) is 0 Å². The molecule has 0 saturated carbocycles. The Hall–Kier alpha value is 0.430. The van der Waals surface area contributed by atoms with Gasteiger partial charge in [0, 0.05) is 0 Å². The van der Waals surface area contributed by atoms with Crippen molar-refractivity contribution in [2.24, 2.45) is 0 Å². The molecule has 18 heavy (non-hydrogen) atoms. The van der Waals surface area contributed by atoms with E-state index in [0.29, 0.717) is 0 Å². The van der Waals surface area contributed by atoms with Gasteiger partial charge in [-0.1, -0.05) is 7.43 Å². The first-order valence-corrected chi connectivity index (χ1v) is 11.1. The maximum absolute atomic E-state index is 2.36. The van der Waals surface area contributed by atoms with Gasteiger partial charge in [-0.3, -0.25) is 0 Å². The fraction of sp³-hybridized carbons (Fsp3) is 1.00. The van der Waals surface area contributed by atoms with Crippen LogP contribution < -0.4 is 0 Å². The third-order valence-corrected chi connectivity index (χ3v) is 9.90. The van der Waals surface area contributed by atoms with Crippen molar-refractivity contribution in [3.8, 4) is 0 Å². The molecule has 0 N–H and O–H groups in total. The molecule has 0 nitrogen and oxygen atoms in total. The number of hydrogen-bond acceptors (Lipinski definition) is 0. The van der Waals surface area contributed by atoms with Gasteiger partial charge >= 0.3 is 111 Å². The van der Waals surface area contributed by atoms with Gasteiger partial charge in [-0.2, -0.15) is 0 Å². The van der Waals surface area contributed by atoms with Crippen LogP contribution in [-0.2, 0) is 0 Å². The first kappa shape index (κ1) is 20.7. The molecule has 0 heterocycles. The molecular weight excluding hydrogens is 235 g/mol. The van der Waals surface area contributed by atoms with Crippen molar-refractivity contribution >= 4 is 7.26 Å². The number of hydrogen-bond donors (Lipinski definition) is 0. The van der Waals surface area contributed by atoms with Gasteiger partial charge in [0.25, 0.3) is 0 Å². The zero-order chi connectivity index (χ0) is 13.0. The average Bonchev–Trinajstić information content (AvgIpc) is 2.37. The molecule has 0 unspecified atom stereocenters. The summed E-state index contributed by atoms with van der Waals surface area (Å²) in [5.74, 6) is 0. The summed E-state index contributed by atoms with van der Waals surface area (Å²) in [6.45, 7) is 9.44. The molecule has 0 rings (SSSR count). The number of unbranched alkanes of at least 4 members (excludes halogenated alkanes) is 4. The van der Waals surface area contributed by atoms with Crippen molar-refractivity contribution in [1.82, 2.24) is 0 Å². The van der Waals surface area contributed by atoms with Crippen molar-refractivity contribution in [2.45, 2.75) is 86.5 Å².